The van der Waals surface area contributed by atoms with Gasteiger partial charge in [-0.15, -0.1) is 0 Å². The van der Waals surface area contributed by atoms with Crippen molar-refractivity contribution in [3.8, 4) is 44.5 Å². The van der Waals surface area contributed by atoms with Gasteiger partial charge in [-0.3, -0.25) is 19.4 Å². The number of carbonyl (C=O) groups excluding carboxylic acids is 2. The molecule has 14 heteroatoms. The van der Waals surface area contributed by atoms with Gasteiger partial charge < -0.3 is 0 Å². The van der Waals surface area contributed by atoms with E-state index < -0.39 is 0 Å². The van der Waals surface area contributed by atoms with Gasteiger partial charge in [-0.1, -0.05) is 248 Å². The molecule has 2 aliphatic heterocycles. The van der Waals surface area contributed by atoms with Gasteiger partial charge in [0.1, 0.15) is 30.7 Å². The Labute approximate surface area is 580 Å². The summed E-state index contributed by atoms with van der Waals surface area (Å²) in [7, 11) is 0. The summed E-state index contributed by atoms with van der Waals surface area (Å²) in [6, 6.07) is 34.2. The Hall–Kier alpha value is -5.48. The van der Waals surface area contributed by atoms with Gasteiger partial charge in [-0.2, -0.15) is 17.5 Å². The molecular weight excluding hydrogens is 1260 g/mol. The number of carbonyl (C=O) groups is 2. The number of hydrogen-bond acceptors (Lipinski definition) is 12. The Morgan fingerprint density at radius 1 is 0.441 bits per heavy atom. The molecule has 2 amide bonds. The van der Waals surface area contributed by atoms with E-state index in [2.05, 4.69) is 140 Å². The molecule has 6 aromatic carbocycles. The molecule has 2 aliphatic carbocycles. The summed E-state index contributed by atoms with van der Waals surface area (Å²) in [5, 5.41) is 2.66. The van der Waals surface area contributed by atoms with E-state index in [1.54, 1.807) is 9.80 Å². The van der Waals surface area contributed by atoms with Crippen molar-refractivity contribution in [2.75, 3.05) is 13.1 Å². The van der Waals surface area contributed by atoms with Gasteiger partial charge in [0.05, 0.1) is 33.3 Å². The molecule has 0 N–H and O–H groups in total. The third-order valence-corrected chi connectivity index (χ3v) is 25.4. The average Bonchev–Trinajstić information content (AvgIpc) is 1.53. The van der Waals surface area contributed by atoms with Crippen LogP contribution in [0.3, 0.4) is 0 Å². The molecule has 4 aliphatic rings. The van der Waals surface area contributed by atoms with Gasteiger partial charge in [0.15, 0.2) is 0 Å². The lowest BCUT2D eigenvalue weighted by atomic mass is 9.64. The highest BCUT2D eigenvalue weighted by atomic mass is 32.2. The van der Waals surface area contributed by atoms with Crippen molar-refractivity contribution in [1.82, 2.24) is 27.3 Å². The second-order valence-electron chi connectivity index (χ2n) is 27.3. The summed E-state index contributed by atoms with van der Waals surface area (Å²) in [5.74, 6) is 2.10. The van der Waals surface area contributed by atoms with Crippen LogP contribution in [-0.2, 0) is 20.4 Å². The summed E-state index contributed by atoms with van der Waals surface area (Å²) in [5.41, 5.74) is 20.6. The number of nitrogens with zero attached hydrogens (tertiary/aromatic N) is 6. The molecule has 5 unspecified atom stereocenters. The van der Waals surface area contributed by atoms with E-state index in [0.717, 1.165) is 94.8 Å². The summed E-state index contributed by atoms with van der Waals surface area (Å²) in [6.45, 7) is 24.3. The Kier molecular flexibility index (Phi) is 21.1. The first-order valence-corrected chi connectivity index (χ1v) is 39.1. The van der Waals surface area contributed by atoms with Gasteiger partial charge in [-0.25, -0.2) is 0 Å². The van der Waals surface area contributed by atoms with Crippen LogP contribution >= 0.6 is 71.4 Å². The SMILES string of the molecule is CCCCC(C)CC1(CC(CC)CCCC)c2cc(-c3ccc(/C=C4\SC(=S)N(CC)C4=O)c4nsnc34)ccc2-c2cc3cc4c(cc3cc21)-c1ccc(-c2ccc(/C=C3\SC(=S)N(CC)C3=O)c3nsnc23)cc1C4(CC(CC)CCCC)CC(CC)CCCC. The van der Waals surface area contributed by atoms with Crippen molar-refractivity contribution < 1.29 is 9.59 Å². The van der Waals surface area contributed by atoms with E-state index in [-0.39, 0.29) is 22.6 Å². The number of fused-ring (bicyclic) bond motifs is 9. The highest BCUT2D eigenvalue weighted by Gasteiger charge is 2.48. The van der Waals surface area contributed by atoms with Crippen LogP contribution in [0.4, 0.5) is 0 Å². The zero-order valence-electron chi connectivity index (χ0n) is 56.3. The first kappa shape index (κ1) is 67.5. The highest BCUT2D eigenvalue weighted by Crippen LogP contribution is 2.61. The smallest absolute Gasteiger partial charge is 0.266 e. The molecular formula is C79H92N6O2S6. The molecule has 2 fully saturated rings. The Morgan fingerprint density at radius 2 is 0.806 bits per heavy atom. The molecule has 93 heavy (non-hydrogen) atoms. The topological polar surface area (TPSA) is 92.2 Å². The standard InChI is InChI=1S/C79H92N6O2S6/c1-11-20-24-48(10)44-78(45-49(15-5)25-21-12-2)64-38-52(58-32-30-54(70-72(58)82-92-80-70)42-68-74(86)84(18-8)76(88)90-68)28-34-60(64)62-36-57-41-67-63(37-56(57)40-66(62)78)61-35-29-53(39-65(61)79(67,46-50(16-6)26-22-13-3)47-51(17-7)27-23-14-4)59-33-31-55(71-73(59)83-93-81-71)43-69-75(87)85(19-9)77(89)91-69/h28-43,48-51H,11-27,44-47H2,1-10H3/b68-42-,69-43-. The van der Waals surface area contributed by atoms with Gasteiger partial charge in [-0.05, 0) is 178 Å². The van der Waals surface area contributed by atoms with Crippen LogP contribution in [0.15, 0.2) is 94.7 Å². The number of likely N-dealkylation sites (N-methyl/N-ethyl adjacent to an activating group) is 2. The van der Waals surface area contributed by atoms with E-state index >= 15 is 0 Å². The van der Waals surface area contributed by atoms with E-state index in [1.807, 2.05) is 26.0 Å². The average molecular weight is 1350 g/mol. The monoisotopic (exact) mass is 1350 g/mol. The molecule has 0 radical (unpaired) electrons. The molecule has 12 rings (SSSR count). The van der Waals surface area contributed by atoms with Crippen molar-refractivity contribution in [2.24, 2.45) is 23.7 Å². The molecule has 486 valence electrons. The number of amides is 2. The van der Waals surface area contributed by atoms with Gasteiger partial charge >= 0.3 is 0 Å². The highest BCUT2D eigenvalue weighted by molar-refractivity contribution is 8.27. The lowest BCUT2D eigenvalue weighted by molar-refractivity contribution is -0.122. The first-order valence-electron chi connectivity index (χ1n) is 35.1. The van der Waals surface area contributed by atoms with Crippen LogP contribution in [-0.4, -0.2) is 60.8 Å². The molecule has 4 heterocycles. The minimum atomic E-state index is -0.226. The normalized spacial score (nSPS) is 19.9. The fourth-order valence-electron chi connectivity index (χ4n) is 16.5. The Morgan fingerprint density at radius 3 is 1.18 bits per heavy atom. The molecule has 2 aromatic heterocycles. The summed E-state index contributed by atoms with van der Waals surface area (Å²) < 4.78 is 21.1. The van der Waals surface area contributed by atoms with Crippen molar-refractivity contribution in [3.05, 3.63) is 128 Å². The third-order valence-electron chi connectivity index (χ3n) is 21.6. The minimum absolute atomic E-state index is 0.0467. The van der Waals surface area contributed by atoms with Crippen LogP contribution in [0, 0.1) is 23.7 Å². The lowest BCUT2D eigenvalue weighted by Gasteiger charge is -2.39. The van der Waals surface area contributed by atoms with Gasteiger partial charge in [0.2, 0.25) is 0 Å². The second-order valence-corrected chi connectivity index (χ2v) is 31.7. The van der Waals surface area contributed by atoms with E-state index in [9.17, 15) is 9.59 Å². The predicted molar refractivity (Wildman–Crippen MR) is 407 cm³/mol. The number of unbranched alkanes of at least 4 members (excludes halogenated alkanes) is 4. The predicted octanol–water partition coefficient (Wildman–Crippen LogP) is 23.2. The van der Waals surface area contributed by atoms with E-state index in [4.69, 9.17) is 41.9 Å². The van der Waals surface area contributed by atoms with Crippen molar-refractivity contribution in [3.63, 3.8) is 0 Å². The number of thiocarbonyl (C=S) groups is 2. The summed E-state index contributed by atoms with van der Waals surface area (Å²) in [4.78, 5) is 31.6. The molecule has 5 atom stereocenters. The Balaban J connectivity index is 1.05. The second kappa shape index (κ2) is 29.1. The zero-order chi connectivity index (χ0) is 65.3. The summed E-state index contributed by atoms with van der Waals surface area (Å²) >= 11 is 16.5. The summed E-state index contributed by atoms with van der Waals surface area (Å²) in [6.07, 6.45) is 26.3. The van der Waals surface area contributed by atoms with Crippen LogP contribution in [0.5, 0.6) is 0 Å². The Bertz CT molecular complexity index is 4220. The van der Waals surface area contributed by atoms with E-state index in [1.165, 1.54) is 185 Å². The van der Waals surface area contributed by atoms with Crippen LogP contribution in [0.1, 0.15) is 225 Å². The zero-order valence-corrected chi connectivity index (χ0v) is 61.2. The maximum Gasteiger partial charge on any atom is 0.266 e. The maximum absolute atomic E-state index is 13.5. The molecule has 0 saturated carbocycles. The number of thioether (sulfide) groups is 2. The number of hydrogen-bond donors (Lipinski definition) is 0. The molecule has 0 spiro atoms. The van der Waals surface area contributed by atoms with Crippen LogP contribution < -0.4 is 0 Å². The third kappa shape index (κ3) is 12.7. The minimum Gasteiger partial charge on any atom is -0.293 e. The quantitative estimate of drug-likeness (QED) is 0.0333. The number of aromatic nitrogens is 4. The van der Waals surface area contributed by atoms with Crippen molar-refractivity contribution >= 4 is 137 Å². The van der Waals surface area contributed by atoms with Gasteiger partial charge in [0.25, 0.3) is 11.8 Å². The van der Waals surface area contributed by atoms with Crippen LogP contribution in [0.2, 0.25) is 0 Å². The fraction of sp³-hybridized carbons (Fsp3) is 0.468. The number of benzene rings is 6. The molecule has 2 saturated heterocycles. The largest absolute Gasteiger partial charge is 0.293 e. The number of rotatable bonds is 29. The van der Waals surface area contributed by atoms with E-state index in [0.29, 0.717) is 55.2 Å². The van der Waals surface area contributed by atoms with Crippen molar-refractivity contribution in [1.29, 1.82) is 0 Å². The molecule has 8 aromatic rings. The lowest BCUT2D eigenvalue weighted by Crippen LogP contribution is -2.32. The van der Waals surface area contributed by atoms with Crippen molar-refractivity contribution in [2.45, 2.75) is 202 Å². The fourth-order valence-corrected chi connectivity index (χ4v) is 20.4. The van der Waals surface area contributed by atoms with Crippen LogP contribution in [0.25, 0.3) is 89.5 Å². The van der Waals surface area contributed by atoms with Gasteiger partial charge in [0, 0.05) is 46.2 Å². The molecule has 8 nitrogen and oxygen atoms in total. The maximum atomic E-state index is 13.5. The molecule has 0 bridgehead atoms. The first-order chi connectivity index (χ1) is 45.2.